The molecule has 0 saturated heterocycles. The van der Waals surface area contributed by atoms with Crippen LogP contribution in [0.3, 0.4) is 0 Å². The van der Waals surface area contributed by atoms with Gasteiger partial charge in [0.1, 0.15) is 0 Å². The minimum absolute atomic E-state index is 0.0470. The molecule has 0 aliphatic heterocycles. The maximum atomic E-state index is 11.5. The number of rotatable bonds is 7. The Labute approximate surface area is 124 Å². The van der Waals surface area contributed by atoms with Gasteiger partial charge in [-0.25, -0.2) is 0 Å². The fourth-order valence-corrected chi connectivity index (χ4v) is 2.82. The molecule has 0 heterocycles. The number of carbonyl (C=O) groups excluding carboxylic acids is 1. The highest BCUT2D eigenvalue weighted by Gasteiger charge is 2.24. The Morgan fingerprint density at radius 2 is 2.14 bits per heavy atom. The Morgan fingerprint density at radius 1 is 1.38 bits per heavy atom. The molecule has 2 atom stereocenters. The molecule has 0 aromatic heterocycles. The molecule has 2 unspecified atom stereocenters. The molecular formula is C16H23NO4. The minimum Gasteiger partial charge on any atom is -0.469 e. The molecule has 0 fully saturated rings. The summed E-state index contributed by atoms with van der Waals surface area (Å²) in [7, 11) is 1.33. The van der Waals surface area contributed by atoms with Crippen molar-refractivity contribution in [1.29, 1.82) is 0 Å². The summed E-state index contributed by atoms with van der Waals surface area (Å²) in [6, 6.07) is 5.53. The molecule has 0 amide bonds. The average molecular weight is 293 g/mol. The zero-order chi connectivity index (χ0) is 15.2. The van der Waals surface area contributed by atoms with Crippen LogP contribution in [0.25, 0.3) is 0 Å². The number of hydrogen-bond acceptors (Lipinski definition) is 5. The lowest BCUT2D eigenvalue weighted by Crippen LogP contribution is -2.38. The van der Waals surface area contributed by atoms with Crippen molar-refractivity contribution < 1.29 is 19.7 Å². The third-order valence-electron chi connectivity index (χ3n) is 3.98. The molecule has 0 spiro atoms. The van der Waals surface area contributed by atoms with Gasteiger partial charge < -0.3 is 20.3 Å². The zero-order valence-electron chi connectivity index (χ0n) is 12.3. The Balaban J connectivity index is 2.12. The Kier molecular flexibility index (Phi) is 5.73. The Morgan fingerprint density at radius 3 is 2.86 bits per heavy atom. The van der Waals surface area contributed by atoms with Gasteiger partial charge in [0.15, 0.2) is 0 Å². The summed E-state index contributed by atoms with van der Waals surface area (Å²) >= 11 is 0. The van der Waals surface area contributed by atoms with Gasteiger partial charge in [-0.05, 0) is 36.0 Å². The lowest BCUT2D eigenvalue weighted by atomic mass is 9.96. The number of carbonyl (C=O) groups is 1. The fraction of sp³-hybridized carbons (Fsp3) is 0.562. The van der Waals surface area contributed by atoms with E-state index in [1.807, 2.05) is 12.1 Å². The number of hydrogen-bond donors (Lipinski definition) is 3. The third-order valence-corrected chi connectivity index (χ3v) is 3.98. The number of aliphatic hydroxyl groups excluding tert-OH is 2. The topological polar surface area (TPSA) is 78.8 Å². The van der Waals surface area contributed by atoms with E-state index in [-0.39, 0.29) is 19.0 Å². The van der Waals surface area contributed by atoms with Crippen molar-refractivity contribution in [2.24, 2.45) is 0 Å². The van der Waals surface area contributed by atoms with E-state index in [9.17, 15) is 9.90 Å². The van der Waals surface area contributed by atoms with Crippen molar-refractivity contribution in [3.8, 4) is 0 Å². The van der Waals surface area contributed by atoms with Crippen LogP contribution in [0, 0.1) is 0 Å². The predicted octanol–water partition coefficient (Wildman–Crippen LogP) is 0.722. The first-order chi connectivity index (χ1) is 10.2. The Hall–Kier alpha value is -1.43. The SMILES string of the molecule is COC(=O)CC(NCCO)C(O)c1ccc2c(c1)CCC2. The first-order valence-corrected chi connectivity index (χ1v) is 7.36. The molecular weight excluding hydrogens is 270 g/mol. The average Bonchev–Trinajstić information content (AvgIpc) is 2.97. The summed E-state index contributed by atoms with van der Waals surface area (Å²) in [5.74, 6) is -0.384. The number of esters is 1. The van der Waals surface area contributed by atoms with Crippen LogP contribution in [0.1, 0.15) is 35.6 Å². The first kappa shape index (κ1) is 15.9. The molecule has 5 heteroatoms. The highest BCUT2D eigenvalue weighted by molar-refractivity contribution is 5.70. The highest BCUT2D eigenvalue weighted by atomic mass is 16.5. The van der Waals surface area contributed by atoms with Crippen LogP contribution in [-0.4, -0.2) is 42.5 Å². The van der Waals surface area contributed by atoms with E-state index in [4.69, 9.17) is 5.11 Å². The summed E-state index contributed by atoms with van der Waals surface area (Å²) in [4.78, 5) is 11.5. The second-order valence-electron chi connectivity index (χ2n) is 5.39. The quantitative estimate of drug-likeness (QED) is 0.646. The van der Waals surface area contributed by atoms with Gasteiger partial charge in [0, 0.05) is 12.6 Å². The molecule has 0 saturated carbocycles. The standard InChI is InChI=1S/C16H23NO4/c1-21-15(19)10-14(17-7-8-18)16(20)13-6-5-11-3-2-4-12(11)9-13/h5-6,9,14,16-18,20H,2-4,7-8,10H2,1H3. The van der Waals surface area contributed by atoms with Gasteiger partial charge in [0.25, 0.3) is 0 Å². The van der Waals surface area contributed by atoms with Gasteiger partial charge in [-0.15, -0.1) is 0 Å². The summed E-state index contributed by atoms with van der Waals surface area (Å²) in [5.41, 5.74) is 3.43. The molecule has 3 N–H and O–H groups in total. The van der Waals surface area contributed by atoms with Gasteiger partial charge in [-0.2, -0.15) is 0 Å². The van der Waals surface area contributed by atoms with Crippen LogP contribution in [0.15, 0.2) is 18.2 Å². The van der Waals surface area contributed by atoms with Crippen molar-refractivity contribution in [2.45, 2.75) is 37.8 Å². The predicted molar refractivity (Wildman–Crippen MR) is 78.9 cm³/mol. The highest BCUT2D eigenvalue weighted by Crippen LogP contribution is 2.27. The molecule has 5 nitrogen and oxygen atoms in total. The number of nitrogens with one attached hydrogen (secondary N) is 1. The zero-order valence-corrected chi connectivity index (χ0v) is 12.3. The second-order valence-corrected chi connectivity index (χ2v) is 5.39. The van der Waals surface area contributed by atoms with E-state index in [1.165, 1.54) is 18.2 Å². The van der Waals surface area contributed by atoms with Crippen molar-refractivity contribution >= 4 is 5.97 Å². The van der Waals surface area contributed by atoms with Crippen LogP contribution in [-0.2, 0) is 22.4 Å². The summed E-state index contributed by atoms with van der Waals surface area (Å²) < 4.78 is 4.67. The number of ether oxygens (including phenoxy) is 1. The monoisotopic (exact) mass is 293 g/mol. The van der Waals surface area contributed by atoms with E-state index in [1.54, 1.807) is 0 Å². The van der Waals surface area contributed by atoms with E-state index in [0.717, 1.165) is 24.8 Å². The molecule has 0 radical (unpaired) electrons. The summed E-state index contributed by atoms with van der Waals surface area (Å²) in [5, 5.41) is 22.5. The van der Waals surface area contributed by atoms with Gasteiger partial charge >= 0.3 is 5.97 Å². The number of aliphatic hydroxyl groups is 2. The van der Waals surface area contributed by atoms with Crippen LogP contribution >= 0.6 is 0 Å². The lowest BCUT2D eigenvalue weighted by Gasteiger charge is -2.24. The van der Waals surface area contributed by atoms with Gasteiger partial charge in [0.2, 0.25) is 0 Å². The van der Waals surface area contributed by atoms with Crippen LogP contribution in [0.4, 0.5) is 0 Å². The van der Waals surface area contributed by atoms with Crippen LogP contribution < -0.4 is 5.32 Å². The van der Waals surface area contributed by atoms with Crippen molar-refractivity contribution in [3.05, 3.63) is 34.9 Å². The van der Waals surface area contributed by atoms with E-state index < -0.39 is 12.1 Å². The van der Waals surface area contributed by atoms with E-state index in [0.29, 0.717) is 6.54 Å². The van der Waals surface area contributed by atoms with Crippen LogP contribution in [0.2, 0.25) is 0 Å². The lowest BCUT2D eigenvalue weighted by molar-refractivity contribution is -0.142. The molecule has 1 aliphatic rings. The van der Waals surface area contributed by atoms with E-state index in [2.05, 4.69) is 16.1 Å². The van der Waals surface area contributed by atoms with Crippen molar-refractivity contribution in [3.63, 3.8) is 0 Å². The van der Waals surface area contributed by atoms with Crippen molar-refractivity contribution in [1.82, 2.24) is 5.32 Å². The molecule has 21 heavy (non-hydrogen) atoms. The van der Waals surface area contributed by atoms with Gasteiger partial charge in [0.05, 0.1) is 26.2 Å². The first-order valence-electron chi connectivity index (χ1n) is 7.36. The van der Waals surface area contributed by atoms with Crippen molar-refractivity contribution in [2.75, 3.05) is 20.3 Å². The molecule has 0 bridgehead atoms. The third kappa shape index (κ3) is 4.03. The number of aryl methyl sites for hydroxylation is 2. The minimum atomic E-state index is -0.804. The summed E-state index contributed by atoms with van der Waals surface area (Å²) in [6.45, 7) is 0.276. The molecule has 1 aromatic carbocycles. The number of fused-ring (bicyclic) bond motifs is 1. The number of methoxy groups -OCH3 is 1. The largest absolute Gasteiger partial charge is 0.469 e. The number of benzene rings is 1. The maximum Gasteiger partial charge on any atom is 0.307 e. The normalized spacial score (nSPS) is 16.3. The second kappa shape index (κ2) is 7.54. The fourth-order valence-electron chi connectivity index (χ4n) is 2.82. The Bertz CT molecular complexity index is 489. The van der Waals surface area contributed by atoms with Gasteiger partial charge in [-0.3, -0.25) is 4.79 Å². The summed E-state index contributed by atoms with van der Waals surface area (Å²) in [6.07, 6.45) is 2.56. The smallest absolute Gasteiger partial charge is 0.307 e. The van der Waals surface area contributed by atoms with E-state index >= 15 is 0 Å². The molecule has 1 aliphatic carbocycles. The molecule has 1 aromatic rings. The van der Waals surface area contributed by atoms with Gasteiger partial charge in [-0.1, -0.05) is 18.2 Å². The molecule has 2 rings (SSSR count). The molecule has 116 valence electrons. The maximum absolute atomic E-state index is 11.5. The van der Waals surface area contributed by atoms with Crippen LogP contribution in [0.5, 0.6) is 0 Å².